The predicted octanol–water partition coefficient (Wildman–Crippen LogP) is 2.84. The molecule has 0 spiro atoms. The van der Waals surface area contributed by atoms with Crippen molar-refractivity contribution in [3.05, 3.63) is 23.8 Å². The van der Waals surface area contributed by atoms with E-state index in [9.17, 15) is 9.59 Å². The highest BCUT2D eigenvalue weighted by molar-refractivity contribution is 6.02. The summed E-state index contributed by atoms with van der Waals surface area (Å²) in [6.07, 6.45) is 3.52. The lowest BCUT2D eigenvalue weighted by atomic mass is 10.1. The van der Waals surface area contributed by atoms with Crippen molar-refractivity contribution in [3.63, 3.8) is 0 Å². The van der Waals surface area contributed by atoms with Gasteiger partial charge in [0, 0.05) is 51.6 Å². The number of nitrogens with one attached hydrogen (secondary N) is 2. The van der Waals surface area contributed by atoms with Gasteiger partial charge in [-0.2, -0.15) is 0 Å². The highest BCUT2D eigenvalue weighted by atomic mass is 16.2. The number of likely N-dealkylation sites (N-methyl/N-ethyl adjacent to an activating group) is 1. The smallest absolute Gasteiger partial charge is 0.321 e. The van der Waals surface area contributed by atoms with Crippen LogP contribution in [0.15, 0.2) is 18.2 Å². The summed E-state index contributed by atoms with van der Waals surface area (Å²) < 4.78 is 0. The van der Waals surface area contributed by atoms with Crippen molar-refractivity contribution < 1.29 is 9.59 Å². The maximum Gasteiger partial charge on any atom is 0.321 e. The van der Waals surface area contributed by atoms with E-state index in [1.165, 1.54) is 11.3 Å². The van der Waals surface area contributed by atoms with Gasteiger partial charge in [-0.3, -0.25) is 4.79 Å². The lowest BCUT2D eigenvalue weighted by Crippen LogP contribution is -2.36. The fourth-order valence-corrected chi connectivity index (χ4v) is 3.40. The van der Waals surface area contributed by atoms with Crippen molar-refractivity contribution >= 4 is 23.3 Å². The predicted molar refractivity (Wildman–Crippen MR) is 115 cm³/mol. The van der Waals surface area contributed by atoms with E-state index in [1.54, 1.807) is 20.2 Å². The minimum absolute atomic E-state index is 0.0892. The first-order valence-electron chi connectivity index (χ1n) is 10.3. The molecular weight excluding hydrogens is 354 g/mol. The number of benzene rings is 1. The van der Waals surface area contributed by atoms with E-state index in [1.807, 2.05) is 12.1 Å². The Bertz CT molecular complexity index is 652. The molecule has 1 aromatic rings. The first-order valence-corrected chi connectivity index (χ1v) is 10.3. The van der Waals surface area contributed by atoms with Crippen molar-refractivity contribution in [3.8, 4) is 0 Å². The molecule has 0 aliphatic carbocycles. The largest absolute Gasteiger partial charge is 0.371 e. The van der Waals surface area contributed by atoms with Gasteiger partial charge in [0.25, 0.3) is 5.91 Å². The molecule has 0 radical (unpaired) electrons. The first kappa shape index (κ1) is 22.0. The van der Waals surface area contributed by atoms with Crippen LogP contribution in [0.1, 0.15) is 43.5 Å². The molecule has 0 saturated carbocycles. The second-order valence-electron chi connectivity index (χ2n) is 7.39. The van der Waals surface area contributed by atoms with Gasteiger partial charge in [0.1, 0.15) is 0 Å². The van der Waals surface area contributed by atoms with Crippen LogP contribution in [-0.2, 0) is 0 Å². The normalized spacial score (nSPS) is 14.1. The monoisotopic (exact) mass is 389 g/mol. The standard InChI is InChI=1S/C21H35N5O2/c1-5-25(6-2)15-12-22-20(27)18-16-17(23-21(28)24(3)4)10-11-19(18)26-13-8-7-9-14-26/h10-11,16H,5-9,12-15H2,1-4H3,(H,22,27)(H,23,28). The minimum Gasteiger partial charge on any atom is -0.371 e. The van der Waals surface area contributed by atoms with Crippen LogP contribution < -0.4 is 15.5 Å². The number of urea groups is 1. The number of amides is 3. The molecule has 2 N–H and O–H groups in total. The Balaban J connectivity index is 2.18. The number of carbonyl (C=O) groups is 2. The lowest BCUT2D eigenvalue weighted by Gasteiger charge is -2.30. The van der Waals surface area contributed by atoms with Crippen LogP contribution in [0.2, 0.25) is 0 Å². The van der Waals surface area contributed by atoms with Crippen LogP contribution in [0, 0.1) is 0 Å². The second kappa shape index (κ2) is 10.9. The first-order chi connectivity index (χ1) is 13.5. The van der Waals surface area contributed by atoms with Crippen molar-refractivity contribution in [1.29, 1.82) is 0 Å². The summed E-state index contributed by atoms with van der Waals surface area (Å²) >= 11 is 0. The van der Waals surface area contributed by atoms with E-state index in [-0.39, 0.29) is 11.9 Å². The molecule has 0 atom stereocenters. The molecule has 1 aromatic carbocycles. The molecule has 0 aromatic heterocycles. The summed E-state index contributed by atoms with van der Waals surface area (Å²) in [5.74, 6) is -0.0892. The molecule has 1 heterocycles. The van der Waals surface area contributed by atoms with Crippen LogP contribution in [-0.4, -0.2) is 75.1 Å². The number of carbonyl (C=O) groups excluding carboxylic acids is 2. The van der Waals surface area contributed by atoms with E-state index in [0.29, 0.717) is 17.8 Å². The lowest BCUT2D eigenvalue weighted by molar-refractivity contribution is 0.0949. The van der Waals surface area contributed by atoms with Gasteiger partial charge in [0.05, 0.1) is 5.56 Å². The van der Waals surface area contributed by atoms with Gasteiger partial charge in [-0.25, -0.2) is 4.79 Å². The van der Waals surface area contributed by atoms with Crippen LogP contribution in [0.5, 0.6) is 0 Å². The third-order valence-electron chi connectivity index (χ3n) is 5.20. The molecule has 7 nitrogen and oxygen atoms in total. The van der Waals surface area contributed by atoms with Crippen molar-refractivity contribution in [1.82, 2.24) is 15.1 Å². The van der Waals surface area contributed by atoms with Gasteiger partial charge < -0.3 is 25.3 Å². The van der Waals surface area contributed by atoms with Gasteiger partial charge in [-0.05, 0) is 50.6 Å². The van der Waals surface area contributed by atoms with Crippen molar-refractivity contribution in [2.75, 3.05) is 63.6 Å². The molecule has 1 aliphatic rings. The quantitative estimate of drug-likeness (QED) is 0.717. The highest BCUT2D eigenvalue weighted by Gasteiger charge is 2.20. The van der Waals surface area contributed by atoms with Crippen molar-refractivity contribution in [2.24, 2.45) is 0 Å². The molecular formula is C21H35N5O2. The SMILES string of the molecule is CCN(CC)CCNC(=O)c1cc(NC(=O)N(C)C)ccc1N1CCCCC1. The molecule has 7 heteroatoms. The summed E-state index contributed by atoms with van der Waals surface area (Å²) in [6.45, 7) is 9.54. The molecule has 0 unspecified atom stereocenters. The Morgan fingerprint density at radius 2 is 1.75 bits per heavy atom. The van der Waals surface area contributed by atoms with E-state index in [2.05, 4.69) is 34.3 Å². The second-order valence-corrected chi connectivity index (χ2v) is 7.39. The molecule has 0 bridgehead atoms. The average molecular weight is 390 g/mol. The number of hydrogen-bond donors (Lipinski definition) is 2. The Kier molecular flexibility index (Phi) is 8.57. The van der Waals surface area contributed by atoms with Crippen LogP contribution in [0.3, 0.4) is 0 Å². The molecule has 1 fully saturated rings. The van der Waals surface area contributed by atoms with Gasteiger partial charge in [-0.1, -0.05) is 13.8 Å². The average Bonchev–Trinajstić information content (AvgIpc) is 2.71. The Labute approximate surface area is 169 Å². The third-order valence-corrected chi connectivity index (χ3v) is 5.20. The number of anilines is 2. The maximum absolute atomic E-state index is 13.0. The molecule has 156 valence electrons. The molecule has 1 aliphatic heterocycles. The summed E-state index contributed by atoms with van der Waals surface area (Å²) in [6, 6.07) is 5.41. The zero-order chi connectivity index (χ0) is 20.5. The minimum atomic E-state index is -0.210. The fraction of sp³-hybridized carbons (Fsp3) is 0.619. The zero-order valence-electron chi connectivity index (χ0n) is 17.8. The highest BCUT2D eigenvalue weighted by Crippen LogP contribution is 2.27. The summed E-state index contributed by atoms with van der Waals surface area (Å²) in [5, 5.41) is 5.89. The molecule has 1 saturated heterocycles. The number of rotatable bonds is 8. The number of hydrogen-bond acceptors (Lipinski definition) is 4. The Morgan fingerprint density at radius 1 is 1.07 bits per heavy atom. The van der Waals surface area contributed by atoms with Crippen molar-refractivity contribution in [2.45, 2.75) is 33.1 Å². The number of piperidine rings is 1. The molecule has 2 rings (SSSR count). The topological polar surface area (TPSA) is 67.9 Å². The Hall–Kier alpha value is -2.28. The summed E-state index contributed by atoms with van der Waals surface area (Å²) in [7, 11) is 3.39. The van der Waals surface area contributed by atoms with Gasteiger partial charge in [0.2, 0.25) is 0 Å². The van der Waals surface area contributed by atoms with Crippen LogP contribution in [0.25, 0.3) is 0 Å². The fourth-order valence-electron chi connectivity index (χ4n) is 3.40. The van der Waals surface area contributed by atoms with E-state index >= 15 is 0 Å². The number of nitrogens with zero attached hydrogens (tertiary/aromatic N) is 3. The van der Waals surface area contributed by atoms with Gasteiger partial charge >= 0.3 is 6.03 Å². The van der Waals surface area contributed by atoms with Gasteiger partial charge in [-0.15, -0.1) is 0 Å². The van der Waals surface area contributed by atoms with E-state index in [0.717, 1.165) is 51.3 Å². The summed E-state index contributed by atoms with van der Waals surface area (Å²) in [4.78, 5) is 31.0. The van der Waals surface area contributed by atoms with E-state index < -0.39 is 0 Å². The van der Waals surface area contributed by atoms with Crippen LogP contribution in [0.4, 0.5) is 16.2 Å². The zero-order valence-corrected chi connectivity index (χ0v) is 17.8. The molecule has 3 amide bonds. The molecule has 28 heavy (non-hydrogen) atoms. The van der Waals surface area contributed by atoms with E-state index in [4.69, 9.17) is 0 Å². The summed E-state index contributed by atoms with van der Waals surface area (Å²) in [5.41, 5.74) is 2.20. The Morgan fingerprint density at radius 3 is 2.36 bits per heavy atom. The van der Waals surface area contributed by atoms with Crippen LogP contribution >= 0.6 is 0 Å². The third kappa shape index (κ3) is 6.12. The maximum atomic E-state index is 13.0. The van der Waals surface area contributed by atoms with Gasteiger partial charge in [0.15, 0.2) is 0 Å².